The van der Waals surface area contributed by atoms with Gasteiger partial charge in [-0.15, -0.1) is 0 Å². The number of hydrogen-bond donors (Lipinski definition) is 0. The molecule has 1 heterocycles. The van der Waals surface area contributed by atoms with E-state index in [1.54, 1.807) is 16.9 Å². The number of hydrogen-bond acceptors (Lipinski definition) is 6. The number of amides is 2. The first-order chi connectivity index (χ1) is 13.7. The highest BCUT2D eigenvalue weighted by molar-refractivity contribution is 5.69. The second kappa shape index (κ2) is 10.3. The quantitative estimate of drug-likeness (QED) is 0.767. The first-order valence-electron chi connectivity index (χ1n) is 9.89. The van der Waals surface area contributed by atoms with Crippen LogP contribution in [0.5, 0.6) is 5.75 Å². The third kappa shape index (κ3) is 7.81. The first-order valence-corrected chi connectivity index (χ1v) is 9.89. The summed E-state index contributed by atoms with van der Waals surface area (Å²) in [7, 11) is 3.58. The van der Waals surface area contributed by atoms with E-state index in [9.17, 15) is 9.59 Å². The van der Waals surface area contributed by atoms with Gasteiger partial charge in [-0.05, 0) is 45.5 Å². The van der Waals surface area contributed by atoms with Gasteiger partial charge in [-0.1, -0.05) is 12.1 Å². The summed E-state index contributed by atoms with van der Waals surface area (Å²) >= 11 is 0. The van der Waals surface area contributed by atoms with E-state index in [-0.39, 0.29) is 18.8 Å². The van der Waals surface area contributed by atoms with Crippen LogP contribution in [0.4, 0.5) is 9.59 Å². The monoisotopic (exact) mass is 407 g/mol. The van der Waals surface area contributed by atoms with Crippen molar-refractivity contribution >= 4 is 12.2 Å². The van der Waals surface area contributed by atoms with Gasteiger partial charge in [0.1, 0.15) is 18.0 Å². The van der Waals surface area contributed by atoms with Crippen molar-refractivity contribution in [3.63, 3.8) is 0 Å². The van der Waals surface area contributed by atoms with E-state index in [1.807, 2.05) is 52.1 Å². The molecule has 162 valence electrons. The van der Waals surface area contributed by atoms with Gasteiger partial charge in [-0.2, -0.15) is 0 Å². The van der Waals surface area contributed by atoms with Crippen LogP contribution in [0, 0.1) is 0 Å². The van der Waals surface area contributed by atoms with Gasteiger partial charge in [0.2, 0.25) is 0 Å². The molecule has 0 bridgehead atoms. The van der Waals surface area contributed by atoms with Gasteiger partial charge in [0.25, 0.3) is 0 Å². The fourth-order valence-corrected chi connectivity index (χ4v) is 2.81. The lowest BCUT2D eigenvalue weighted by Gasteiger charge is -2.28. The van der Waals surface area contributed by atoms with E-state index in [0.717, 1.165) is 11.3 Å². The fourth-order valence-electron chi connectivity index (χ4n) is 2.81. The van der Waals surface area contributed by atoms with Crippen LogP contribution in [-0.4, -0.2) is 85.9 Å². The van der Waals surface area contributed by atoms with E-state index in [1.165, 1.54) is 0 Å². The third-order valence-corrected chi connectivity index (χ3v) is 4.57. The van der Waals surface area contributed by atoms with Crippen molar-refractivity contribution in [3.05, 3.63) is 29.8 Å². The SMILES string of the molecule is COc1ccc(COC(=O)N2CCN(C)CCN(C(=O)OC(C)(C)C)CC2)cc1. The minimum absolute atomic E-state index is 0.185. The van der Waals surface area contributed by atoms with Crippen LogP contribution in [0.25, 0.3) is 0 Å². The lowest BCUT2D eigenvalue weighted by atomic mass is 10.2. The molecule has 0 N–H and O–H groups in total. The number of rotatable bonds is 3. The number of likely N-dealkylation sites (N-methyl/N-ethyl adjacent to an activating group) is 1. The molecule has 1 aliphatic rings. The largest absolute Gasteiger partial charge is 0.497 e. The predicted molar refractivity (Wildman–Crippen MR) is 110 cm³/mol. The molecular formula is C21H33N3O5. The molecule has 2 amide bonds. The normalized spacial score (nSPS) is 16.4. The van der Waals surface area contributed by atoms with Crippen LogP contribution in [0.1, 0.15) is 26.3 Å². The molecule has 8 heteroatoms. The van der Waals surface area contributed by atoms with E-state index in [2.05, 4.69) is 4.90 Å². The summed E-state index contributed by atoms with van der Waals surface area (Å²) in [5, 5.41) is 0. The van der Waals surface area contributed by atoms with Crippen LogP contribution in [0.3, 0.4) is 0 Å². The molecule has 0 radical (unpaired) electrons. The molecule has 8 nitrogen and oxygen atoms in total. The number of benzene rings is 1. The zero-order valence-electron chi connectivity index (χ0n) is 18.1. The number of nitrogens with zero attached hydrogens (tertiary/aromatic N) is 3. The maximum atomic E-state index is 12.6. The molecule has 1 aliphatic heterocycles. The Morgan fingerprint density at radius 3 is 1.93 bits per heavy atom. The fraction of sp³-hybridized carbons (Fsp3) is 0.619. The lowest BCUT2D eigenvalue weighted by Crippen LogP contribution is -2.43. The standard InChI is InChI=1S/C21H33N3O5/c1-21(2,3)29-20(26)24-13-11-22(4)10-12-23(14-15-24)19(25)28-16-17-6-8-18(27-5)9-7-17/h6-9H,10-16H2,1-5H3. The Kier molecular flexibility index (Phi) is 8.13. The van der Waals surface area contributed by atoms with Crippen molar-refractivity contribution in [2.24, 2.45) is 0 Å². The smallest absolute Gasteiger partial charge is 0.410 e. The second-order valence-corrected chi connectivity index (χ2v) is 8.16. The summed E-state index contributed by atoms with van der Waals surface area (Å²) in [6.07, 6.45) is -0.750. The average Bonchev–Trinajstić information content (AvgIpc) is 2.76. The highest BCUT2D eigenvalue weighted by Gasteiger charge is 2.25. The summed E-state index contributed by atoms with van der Waals surface area (Å²) in [6.45, 7) is 9.04. The molecule has 0 aromatic heterocycles. The molecule has 0 spiro atoms. The molecule has 1 aromatic rings. The molecule has 0 atom stereocenters. The lowest BCUT2D eigenvalue weighted by molar-refractivity contribution is 0.0228. The summed E-state index contributed by atoms with van der Waals surface area (Å²) < 4.78 is 16.1. The van der Waals surface area contributed by atoms with Crippen molar-refractivity contribution in [1.29, 1.82) is 0 Å². The number of carbonyl (C=O) groups is 2. The Morgan fingerprint density at radius 1 is 0.897 bits per heavy atom. The van der Waals surface area contributed by atoms with E-state index in [0.29, 0.717) is 39.3 Å². The van der Waals surface area contributed by atoms with Gasteiger partial charge >= 0.3 is 12.2 Å². The van der Waals surface area contributed by atoms with Crippen molar-refractivity contribution < 1.29 is 23.8 Å². The van der Waals surface area contributed by atoms with Gasteiger partial charge in [-0.25, -0.2) is 9.59 Å². The zero-order valence-corrected chi connectivity index (χ0v) is 18.1. The van der Waals surface area contributed by atoms with E-state index >= 15 is 0 Å². The Morgan fingerprint density at radius 2 is 1.41 bits per heavy atom. The number of methoxy groups -OCH3 is 1. The summed E-state index contributed by atoms with van der Waals surface area (Å²) in [5.41, 5.74) is 0.328. The summed E-state index contributed by atoms with van der Waals surface area (Å²) in [4.78, 5) is 30.5. The first kappa shape index (κ1) is 22.8. The molecule has 0 aliphatic carbocycles. The Labute approximate surface area is 173 Å². The molecule has 0 saturated carbocycles. The zero-order chi connectivity index (χ0) is 21.4. The van der Waals surface area contributed by atoms with E-state index < -0.39 is 5.60 Å². The number of carbonyl (C=O) groups excluding carboxylic acids is 2. The third-order valence-electron chi connectivity index (χ3n) is 4.57. The molecular weight excluding hydrogens is 374 g/mol. The molecule has 29 heavy (non-hydrogen) atoms. The van der Waals surface area contributed by atoms with Crippen LogP contribution < -0.4 is 4.74 Å². The van der Waals surface area contributed by atoms with Gasteiger partial charge in [0.15, 0.2) is 0 Å². The topological polar surface area (TPSA) is 71.6 Å². The average molecular weight is 408 g/mol. The molecule has 1 saturated heterocycles. The van der Waals surface area contributed by atoms with Crippen LogP contribution in [0.15, 0.2) is 24.3 Å². The molecule has 1 fully saturated rings. The Balaban J connectivity index is 1.95. The van der Waals surface area contributed by atoms with Gasteiger partial charge in [-0.3, -0.25) is 0 Å². The highest BCUT2D eigenvalue weighted by atomic mass is 16.6. The number of ether oxygens (including phenoxy) is 3. The minimum atomic E-state index is -0.557. The summed E-state index contributed by atoms with van der Waals surface area (Å²) in [5.74, 6) is 0.755. The minimum Gasteiger partial charge on any atom is -0.497 e. The highest BCUT2D eigenvalue weighted by Crippen LogP contribution is 2.13. The Bertz CT molecular complexity index is 672. The Hall–Kier alpha value is -2.48. The van der Waals surface area contributed by atoms with Crippen LogP contribution in [0.2, 0.25) is 0 Å². The maximum Gasteiger partial charge on any atom is 0.410 e. The van der Waals surface area contributed by atoms with Crippen molar-refractivity contribution in [3.8, 4) is 5.75 Å². The maximum absolute atomic E-state index is 12.6. The second-order valence-electron chi connectivity index (χ2n) is 8.16. The van der Waals surface area contributed by atoms with Crippen LogP contribution in [-0.2, 0) is 16.1 Å². The van der Waals surface area contributed by atoms with Gasteiger partial charge in [0, 0.05) is 39.3 Å². The predicted octanol–water partition coefficient (Wildman–Crippen LogP) is 2.82. The molecule has 2 rings (SSSR count). The van der Waals surface area contributed by atoms with Crippen molar-refractivity contribution in [2.45, 2.75) is 33.0 Å². The van der Waals surface area contributed by atoms with E-state index in [4.69, 9.17) is 14.2 Å². The van der Waals surface area contributed by atoms with Gasteiger partial charge < -0.3 is 28.9 Å². The molecule has 0 unspecified atom stereocenters. The van der Waals surface area contributed by atoms with Crippen molar-refractivity contribution in [1.82, 2.24) is 14.7 Å². The van der Waals surface area contributed by atoms with Crippen LogP contribution >= 0.6 is 0 Å². The van der Waals surface area contributed by atoms with Gasteiger partial charge in [0.05, 0.1) is 7.11 Å². The van der Waals surface area contributed by atoms with Crippen molar-refractivity contribution in [2.75, 3.05) is 53.4 Å². The molecule has 1 aromatic carbocycles. The summed E-state index contributed by atoms with van der Waals surface area (Å²) in [6, 6.07) is 7.39.